The lowest BCUT2D eigenvalue weighted by Crippen LogP contribution is -2.54. The Balaban J connectivity index is 1.44. The van der Waals surface area contributed by atoms with Crippen molar-refractivity contribution in [2.24, 2.45) is 5.41 Å². The molecule has 4 heteroatoms. The molecule has 1 atom stereocenters. The van der Waals surface area contributed by atoms with Gasteiger partial charge in [0.15, 0.2) is 0 Å². The first kappa shape index (κ1) is 11.5. The molecule has 1 aliphatic heterocycles. The fraction of sp³-hybridized carbons (Fsp3) is 0.500. The van der Waals surface area contributed by atoms with Gasteiger partial charge in [-0.05, 0) is 19.0 Å². The van der Waals surface area contributed by atoms with Crippen LogP contribution in [0.25, 0.3) is 0 Å². The topological polar surface area (TPSA) is 41.6 Å². The van der Waals surface area contributed by atoms with Crippen molar-refractivity contribution in [2.75, 3.05) is 20.1 Å². The number of likely N-dealkylation sites (tertiary alicyclic amines) is 1. The van der Waals surface area contributed by atoms with Crippen molar-refractivity contribution < 1.29 is 9.53 Å². The summed E-state index contributed by atoms with van der Waals surface area (Å²) in [6.45, 7) is 2.04. The summed E-state index contributed by atoms with van der Waals surface area (Å²) in [5.74, 6) is 0. The number of hydrogen-bond acceptors (Lipinski definition) is 3. The molecule has 1 heterocycles. The highest BCUT2D eigenvalue weighted by molar-refractivity contribution is 5.69. The highest BCUT2D eigenvalue weighted by Gasteiger charge is 2.62. The maximum Gasteiger partial charge on any atom is 0.410 e. The molecule has 1 saturated carbocycles. The van der Waals surface area contributed by atoms with Gasteiger partial charge in [0.05, 0.1) is 0 Å². The molecule has 1 spiro atoms. The van der Waals surface area contributed by atoms with Crippen LogP contribution in [0.5, 0.6) is 0 Å². The van der Waals surface area contributed by atoms with Crippen LogP contribution >= 0.6 is 0 Å². The molecule has 1 aromatic rings. The van der Waals surface area contributed by atoms with Gasteiger partial charge < -0.3 is 15.0 Å². The van der Waals surface area contributed by atoms with Crippen LogP contribution in [0.15, 0.2) is 30.3 Å². The Kier molecular flexibility index (Phi) is 2.74. The molecule has 96 valence electrons. The molecule has 18 heavy (non-hydrogen) atoms. The predicted octanol–water partition coefficient (Wildman–Crippen LogP) is 1.62. The van der Waals surface area contributed by atoms with Crippen molar-refractivity contribution in [1.82, 2.24) is 10.2 Å². The summed E-state index contributed by atoms with van der Waals surface area (Å²) in [4.78, 5) is 13.6. The molecule has 1 N–H and O–H groups in total. The summed E-state index contributed by atoms with van der Waals surface area (Å²) in [5.41, 5.74) is 1.39. The monoisotopic (exact) mass is 246 g/mol. The quantitative estimate of drug-likeness (QED) is 0.881. The fourth-order valence-electron chi connectivity index (χ4n) is 2.76. The van der Waals surface area contributed by atoms with Gasteiger partial charge in [0.1, 0.15) is 6.61 Å². The van der Waals surface area contributed by atoms with E-state index >= 15 is 0 Å². The van der Waals surface area contributed by atoms with Crippen LogP contribution in [-0.4, -0.2) is 37.2 Å². The molecule has 1 amide bonds. The molecule has 2 fully saturated rings. The molecule has 0 bridgehead atoms. The fourth-order valence-corrected chi connectivity index (χ4v) is 2.76. The van der Waals surface area contributed by atoms with Crippen molar-refractivity contribution in [3.05, 3.63) is 35.9 Å². The third kappa shape index (κ3) is 1.97. The summed E-state index contributed by atoms with van der Waals surface area (Å²) in [7, 11) is 1.98. The number of carbonyl (C=O) groups excluding carboxylic acids is 1. The summed E-state index contributed by atoms with van der Waals surface area (Å²) in [6.07, 6.45) is 0.998. The zero-order chi connectivity index (χ0) is 12.6. The van der Waals surface area contributed by atoms with E-state index in [1.165, 1.54) is 6.42 Å². The van der Waals surface area contributed by atoms with Crippen LogP contribution in [0, 0.1) is 5.41 Å². The second-order valence-electron chi connectivity index (χ2n) is 5.30. The van der Waals surface area contributed by atoms with Gasteiger partial charge in [-0.3, -0.25) is 0 Å². The van der Waals surface area contributed by atoms with Crippen molar-refractivity contribution >= 4 is 6.09 Å². The molecule has 0 radical (unpaired) electrons. The van der Waals surface area contributed by atoms with E-state index in [1.807, 2.05) is 37.4 Å². The molecule has 3 rings (SSSR count). The Morgan fingerprint density at radius 3 is 2.78 bits per heavy atom. The average Bonchev–Trinajstić information content (AvgIpc) is 3.10. The standard InChI is InChI=1S/C14H18N2O2/c1-15-12-7-14(12)9-16(10-14)13(17)18-8-11-5-3-2-4-6-11/h2-6,12,15H,7-10H2,1H3. The number of hydrogen-bond donors (Lipinski definition) is 1. The first-order valence-electron chi connectivity index (χ1n) is 6.36. The molecule has 1 aromatic carbocycles. The normalized spacial score (nSPS) is 23.6. The zero-order valence-electron chi connectivity index (χ0n) is 10.6. The summed E-state index contributed by atoms with van der Waals surface area (Å²) < 4.78 is 5.29. The Bertz CT molecular complexity index is 440. The molecule has 1 unspecified atom stereocenters. The van der Waals surface area contributed by atoms with E-state index in [9.17, 15) is 4.79 Å². The SMILES string of the molecule is CNC1CC12CN(C(=O)OCc1ccccc1)C2. The van der Waals surface area contributed by atoms with Gasteiger partial charge in [-0.2, -0.15) is 0 Å². The summed E-state index contributed by atoms with van der Waals surface area (Å²) in [6, 6.07) is 10.4. The minimum absolute atomic E-state index is 0.189. The van der Waals surface area contributed by atoms with Crippen LogP contribution in [-0.2, 0) is 11.3 Å². The Labute approximate surface area is 107 Å². The molecule has 4 nitrogen and oxygen atoms in total. The highest BCUT2D eigenvalue weighted by Crippen LogP contribution is 2.52. The molecular formula is C14H18N2O2. The van der Waals surface area contributed by atoms with Crippen molar-refractivity contribution in [2.45, 2.75) is 19.1 Å². The van der Waals surface area contributed by atoms with Crippen molar-refractivity contribution in [3.63, 3.8) is 0 Å². The van der Waals surface area contributed by atoms with Gasteiger partial charge in [-0.25, -0.2) is 4.79 Å². The summed E-state index contributed by atoms with van der Waals surface area (Å²) in [5, 5.41) is 3.27. The molecule has 0 aromatic heterocycles. The van der Waals surface area contributed by atoms with Crippen LogP contribution in [0.3, 0.4) is 0 Å². The van der Waals surface area contributed by atoms with Crippen molar-refractivity contribution in [1.29, 1.82) is 0 Å². The van der Waals surface area contributed by atoms with Gasteiger partial charge >= 0.3 is 6.09 Å². The molecule has 1 aliphatic carbocycles. The molecular weight excluding hydrogens is 228 g/mol. The average molecular weight is 246 g/mol. The number of rotatable bonds is 3. The van der Waals surface area contributed by atoms with E-state index in [0.29, 0.717) is 18.1 Å². The number of nitrogens with one attached hydrogen (secondary N) is 1. The maximum absolute atomic E-state index is 11.8. The van der Waals surface area contributed by atoms with Gasteiger partial charge in [-0.1, -0.05) is 30.3 Å². The number of nitrogens with zero attached hydrogens (tertiary/aromatic N) is 1. The lowest BCUT2D eigenvalue weighted by atomic mass is 9.96. The first-order chi connectivity index (χ1) is 8.73. The van der Waals surface area contributed by atoms with E-state index in [2.05, 4.69) is 5.32 Å². The second-order valence-corrected chi connectivity index (χ2v) is 5.30. The van der Waals surface area contributed by atoms with E-state index in [4.69, 9.17) is 4.74 Å². The highest BCUT2D eigenvalue weighted by atomic mass is 16.6. The predicted molar refractivity (Wildman–Crippen MR) is 68.1 cm³/mol. The Morgan fingerprint density at radius 1 is 1.44 bits per heavy atom. The Hall–Kier alpha value is -1.55. The minimum atomic E-state index is -0.189. The number of carbonyl (C=O) groups is 1. The zero-order valence-corrected chi connectivity index (χ0v) is 10.6. The largest absolute Gasteiger partial charge is 0.445 e. The van der Waals surface area contributed by atoms with Crippen LogP contribution < -0.4 is 5.32 Å². The van der Waals surface area contributed by atoms with E-state index in [0.717, 1.165) is 18.7 Å². The van der Waals surface area contributed by atoms with Crippen molar-refractivity contribution in [3.8, 4) is 0 Å². The van der Waals surface area contributed by atoms with E-state index < -0.39 is 0 Å². The van der Waals surface area contributed by atoms with Crippen LogP contribution in [0.1, 0.15) is 12.0 Å². The van der Waals surface area contributed by atoms with Gasteiger partial charge in [-0.15, -0.1) is 0 Å². The van der Waals surface area contributed by atoms with E-state index in [-0.39, 0.29) is 6.09 Å². The maximum atomic E-state index is 11.8. The molecule has 2 aliphatic rings. The minimum Gasteiger partial charge on any atom is -0.445 e. The number of ether oxygens (including phenoxy) is 1. The first-order valence-corrected chi connectivity index (χ1v) is 6.36. The lowest BCUT2D eigenvalue weighted by Gasteiger charge is -2.39. The Morgan fingerprint density at radius 2 is 2.17 bits per heavy atom. The number of benzene rings is 1. The van der Waals surface area contributed by atoms with Crippen LogP contribution in [0.4, 0.5) is 4.79 Å². The van der Waals surface area contributed by atoms with E-state index in [1.54, 1.807) is 4.90 Å². The lowest BCUT2D eigenvalue weighted by molar-refractivity contribution is 0.0377. The van der Waals surface area contributed by atoms with Crippen LogP contribution in [0.2, 0.25) is 0 Å². The second kappa shape index (κ2) is 4.28. The van der Waals surface area contributed by atoms with Gasteiger partial charge in [0, 0.05) is 24.5 Å². The van der Waals surface area contributed by atoms with Gasteiger partial charge in [0.25, 0.3) is 0 Å². The third-order valence-corrected chi connectivity index (χ3v) is 4.01. The smallest absolute Gasteiger partial charge is 0.410 e. The number of amides is 1. The molecule has 1 saturated heterocycles. The van der Waals surface area contributed by atoms with Gasteiger partial charge in [0.2, 0.25) is 0 Å². The summed E-state index contributed by atoms with van der Waals surface area (Å²) >= 11 is 0. The third-order valence-electron chi connectivity index (χ3n) is 4.01.